The number of hydrogen-bond acceptors (Lipinski definition) is 3. The Hall–Kier alpha value is -2.31. The van der Waals surface area contributed by atoms with Crippen molar-refractivity contribution in [1.29, 1.82) is 0 Å². The first kappa shape index (κ1) is 21.0. The highest BCUT2D eigenvalue weighted by Gasteiger charge is 2.21. The molecule has 1 aromatic rings. The Balaban J connectivity index is 1.78. The molecule has 1 aliphatic heterocycles. The summed E-state index contributed by atoms with van der Waals surface area (Å²) in [5, 5.41) is 6.54. The third-order valence-electron chi connectivity index (χ3n) is 4.76. The maximum absolute atomic E-state index is 13.0. The molecule has 1 heterocycles. The van der Waals surface area contributed by atoms with Crippen LogP contribution in [-0.4, -0.2) is 62.1 Å². The number of nitrogens with one attached hydrogen (secondary N) is 2. The fourth-order valence-electron chi connectivity index (χ4n) is 2.94. The number of carbonyl (C=O) groups is 1. The van der Waals surface area contributed by atoms with Crippen LogP contribution in [0.4, 0.5) is 10.1 Å². The zero-order valence-electron chi connectivity index (χ0n) is 16.7. The molecule has 2 N–H and O–H groups in total. The minimum atomic E-state index is -0.229. The molecule has 0 saturated carbocycles. The Bertz CT molecular complexity index is 611. The molecule has 1 unspecified atom stereocenters. The van der Waals surface area contributed by atoms with Gasteiger partial charge in [-0.05, 0) is 44.5 Å². The summed E-state index contributed by atoms with van der Waals surface area (Å²) in [5.41, 5.74) is 1.000. The lowest BCUT2D eigenvalue weighted by molar-refractivity contribution is -0.131. The number of hydrogen-bond donors (Lipinski definition) is 2. The normalized spacial score (nSPS) is 16.2. The minimum absolute atomic E-state index is 0.136. The summed E-state index contributed by atoms with van der Waals surface area (Å²) in [7, 11) is 0. The van der Waals surface area contributed by atoms with Crippen LogP contribution in [0.15, 0.2) is 29.3 Å². The van der Waals surface area contributed by atoms with Crippen LogP contribution in [0.1, 0.15) is 33.6 Å². The Morgan fingerprint density at radius 2 is 1.85 bits per heavy atom. The Kier molecular flexibility index (Phi) is 8.36. The second-order valence-electron chi connectivity index (χ2n) is 6.81. The number of guanidine groups is 1. The molecule has 6 nitrogen and oxygen atoms in total. The largest absolute Gasteiger partial charge is 0.368 e. The summed E-state index contributed by atoms with van der Waals surface area (Å²) in [5.74, 6) is 0.672. The molecule has 1 fully saturated rings. The average Bonchev–Trinajstić information content (AvgIpc) is 2.68. The van der Waals surface area contributed by atoms with Gasteiger partial charge in [-0.3, -0.25) is 9.79 Å². The van der Waals surface area contributed by atoms with E-state index in [1.165, 1.54) is 12.1 Å². The van der Waals surface area contributed by atoms with Gasteiger partial charge in [-0.15, -0.1) is 0 Å². The number of aliphatic imine (C=N–C) groups is 1. The summed E-state index contributed by atoms with van der Waals surface area (Å²) in [6.07, 6.45) is 1.43. The first-order valence-corrected chi connectivity index (χ1v) is 9.86. The van der Waals surface area contributed by atoms with Crippen molar-refractivity contribution < 1.29 is 9.18 Å². The van der Waals surface area contributed by atoms with Crippen LogP contribution in [0.5, 0.6) is 0 Å². The number of benzene rings is 1. The summed E-state index contributed by atoms with van der Waals surface area (Å²) in [6.45, 7) is 10.4. The molecule has 1 atom stereocenters. The molecule has 2 rings (SSSR count). The van der Waals surface area contributed by atoms with E-state index in [1.54, 1.807) is 12.1 Å². The molecular weight excluding hydrogens is 345 g/mol. The quantitative estimate of drug-likeness (QED) is 0.565. The van der Waals surface area contributed by atoms with Crippen molar-refractivity contribution >= 4 is 17.6 Å². The monoisotopic (exact) mass is 377 g/mol. The van der Waals surface area contributed by atoms with Gasteiger partial charge < -0.3 is 20.4 Å². The van der Waals surface area contributed by atoms with Crippen LogP contribution >= 0.6 is 0 Å². The van der Waals surface area contributed by atoms with Gasteiger partial charge in [0.15, 0.2) is 5.96 Å². The Morgan fingerprint density at radius 3 is 2.44 bits per heavy atom. The average molecular weight is 378 g/mol. The van der Waals surface area contributed by atoms with E-state index in [1.807, 2.05) is 11.8 Å². The topological polar surface area (TPSA) is 60.0 Å². The number of amides is 1. The zero-order chi connectivity index (χ0) is 19.6. The zero-order valence-corrected chi connectivity index (χ0v) is 16.7. The second kappa shape index (κ2) is 10.7. The fourth-order valence-corrected chi connectivity index (χ4v) is 2.94. The van der Waals surface area contributed by atoms with Gasteiger partial charge in [-0.1, -0.05) is 6.92 Å². The number of piperazine rings is 1. The van der Waals surface area contributed by atoms with E-state index in [0.717, 1.165) is 37.7 Å². The van der Waals surface area contributed by atoms with Gasteiger partial charge in [0.1, 0.15) is 5.82 Å². The van der Waals surface area contributed by atoms with Gasteiger partial charge in [-0.25, -0.2) is 4.39 Å². The van der Waals surface area contributed by atoms with Crippen molar-refractivity contribution in [3.8, 4) is 0 Å². The number of halogens is 1. The number of anilines is 1. The second-order valence-corrected chi connectivity index (χ2v) is 6.81. The number of carbonyl (C=O) groups excluding carboxylic acids is 1. The van der Waals surface area contributed by atoms with Gasteiger partial charge in [-0.2, -0.15) is 0 Å². The first-order chi connectivity index (χ1) is 13.0. The van der Waals surface area contributed by atoms with Crippen LogP contribution in [0, 0.1) is 5.82 Å². The molecule has 27 heavy (non-hydrogen) atoms. The fraction of sp³-hybridized carbons (Fsp3) is 0.600. The van der Waals surface area contributed by atoms with Gasteiger partial charge in [0.05, 0.1) is 6.54 Å². The lowest BCUT2D eigenvalue weighted by Crippen LogP contribution is -2.49. The predicted octanol–water partition coefficient (Wildman–Crippen LogP) is 2.22. The van der Waals surface area contributed by atoms with E-state index in [4.69, 9.17) is 0 Å². The third-order valence-corrected chi connectivity index (χ3v) is 4.76. The molecular formula is C20H32FN5O. The third kappa shape index (κ3) is 6.73. The van der Waals surface area contributed by atoms with Gasteiger partial charge in [0.2, 0.25) is 5.91 Å². The smallest absolute Gasteiger partial charge is 0.224 e. The molecule has 0 aliphatic carbocycles. The number of nitrogens with zero attached hydrogens (tertiary/aromatic N) is 3. The maximum Gasteiger partial charge on any atom is 0.224 e. The van der Waals surface area contributed by atoms with Crippen LogP contribution in [-0.2, 0) is 4.79 Å². The van der Waals surface area contributed by atoms with Crippen molar-refractivity contribution in [2.45, 2.75) is 39.7 Å². The number of rotatable bonds is 7. The standard InChI is InChI=1S/C20H32FN5O/c1-4-16(3)24-20(22-5-2)23-11-10-19(27)26-14-12-25(13-15-26)18-8-6-17(21)7-9-18/h6-9,16H,4-5,10-15H2,1-3H3,(H2,22,23,24). The summed E-state index contributed by atoms with van der Waals surface area (Å²) in [4.78, 5) is 21.0. The molecule has 1 saturated heterocycles. The van der Waals surface area contributed by atoms with Crippen molar-refractivity contribution in [1.82, 2.24) is 15.5 Å². The molecule has 0 aromatic heterocycles. The van der Waals surface area contributed by atoms with E-state index in [-0.39, 0.29) is 11.7 Å². The van der Waals surface area contributed by atoms with Crippen LogP contribution in [0.2, 0.25) is 0 Å². The lowest BCUT2D eigenvalue weighted by atomic mass is 10.2. The summed E-state index contributed by atoms with van der Waals surface area (Å²) in [6, 6.07) is 6.86. The maximum atomic E-state index is 13.0. The van der Waals surface area contributed by atoms with E-state index in [0.29, 0.717) is 32.1 Å². The van der Waals surface area contributed by atoms with Crippen molar-refractivity contribution in [2.75, 3.05) is 44.2 Å². The highest BCUT2D eigenvalue weighted by Crippen LogP contribution is 2.17. The van der Waals surface area contributed by atoms with Gasteiger partial charge in [0, 0.05) is 50.9 Å². The van der Waals surface area contributed by atoms with E-state index in [2.05, 4.69) is 34.4 Å². The molecule has 1 aromatic carbocycles. The van der Waals surface area contributed by atoms with Gasteiger partial charge in [0.25, 0.3) is 0 Å². The first-order valence-electron chi connectivity index (χ1n) is 9.86. The SMILES string of the molecule is CCNC(=NCCC(=O)N1CCN(c2ccc(F)cc2)CC1)NC(C)CC. The van der Waals surface area contributed by atoms with Crippen molar-refractivity contribution in [3.05, 3.63) is 30.1 Å². The molecule has 0 spiro atoms. The van der Waals surface area contributed by atoms with Crippen molar-refractivity contribution in [2.24, 2.45) is 4.99 Å². The lowest BCUT2D eigenvalue weighted by Gasteiger charge is -2.36. The highest BCUT2D eigenvalue weighted by atomic mass is 19.1. The van der Waals surface area contributed by atoms with E-state index >= 15 is 0 Å². The molecule has 1 aliphatic rings. The molecule has 7 heteroatoms. The van der Waals surface area contributed by atoms with E-state index in [9.17, 15) is 9.18 Å². The van der Waals surface area contributed by atoms with Crippen LogP contribution in [0.3, 0.4) is 0 Å². The summed E-state index contributed by atoms with van der Waals surface area (Å²) >= 11 is 0. The van der Waals surface area contributed by atoms with E-state index < -0.39 is 0 Å². The molecule has 0 radical (unpaired) electrons. The van der Waals surface area contributed by atoms with Crippen molar-refractivity contribution in [3.63, 3.8) is 0 Å². The summed E-state index contributed by atoms with van der Waals surface area (Å²) < 4.78 is 13.0. The molecule has 1 amide bonds. The predicted molar refractivity (Wildman–Crippen MR) is 109 cm³/mol. The molecule has 0 bridgehead atoms. The van der Waals surface area contributed by atoms with Gasteiger partial charge >= 0.3 is 0 Å². The Morgan fingerprint density at radius 1 is 1.19 bits per heavy atom. The Labute approximate surface area is 161 Å². The molecule has 150 valence electrons. The highest BCUT2D eigenvalue weighted by molar-refractivity contribution is 5.81. The van der Waals surface area contributed by atoms with Crippen LogP contribution in [0.25, 0.3) is 0 Å². The van der Waals surface area contributed by atoms with Crippen LogP contribution < -0.4 is 15.5 Å². The minimum Gasteiger partial charge on any atom is -0.368 e.